The second-order valence-corrected chi connectivity index (χ2v) is 8.45. The molecule has 0 bridgehead atoms. The number of carbonyl (C=O) groups is 1. The molecule has 4 aromatic rings. The molecule has 12 heteroatoms. The van der Waals surface area contributed by atoms with Gasteiger partial charge in [-0.25, -0.2) is 22.7 Å². The fourth-order valence-corrected chi connectivity index (χ4v) is 4.45. The minimum atomic E-state index is -4.33. The maximum atomic E-state index is 13.9. The third-order valence-corrected chi connectivity index (χ3v) is 6.11. The van der Waals surface area contributed by atoms with Crippen molar-refractivity contribution in [2.24, 2.45) is 0 Å². The zero-order valence-corrected chi connectivity index (χ0v) is 17.8. The van der Waals surface area contributed by atoms with Crippen LogP contribution in [0.2, 0.25) is 0 Å². The Morgan fingerprint density at radius 3 is 2.58 bits per heavy atom. The Kier molecular flexibility index (Phi) is 5.75. The Morgan fingerprint density at radius 2 is 1.91 bits per heavy atom. The fourth-order valence-electron chi connectivity index (χ4n) is 3.18. The van der Waals surface area contributed by atoms with E-state index in [-0.39, 0.29) is 27.7 Å². The highest BCUT2D eigenvalue weighted by atomic mass is 32.2. The lowest BCUT2D eigenvalue weighted by molar-refractivity contribution is 0.0696. The normalized spacial score (nSPS) is 11.2. The molecular weight excluding hydrogens is 453 g/mol. The Morgan fingerprint density at radius 1 is 1.09 bits per heavy atom. The van der Waals surface area contributed by atoms with Gasteiger partial charge in [0.1, 0.15) is 16.5 Å². The molecule has 0 aliphatic rings. The van der Waals surface area contributed by atoms with E-state index in [1.165, 1.54) is 43.5 Å². The van der Waals surface area contributed by atoms with E-state index >= 15 is 0 Å². The predicted molar refractivity (Wildman–Crippen MR) is 116 cm³/mol. The standard InChI is InChI=1S/C21H16FN5O5S/c1-32-18-8-6-14(21(28)29)11-19(18)33(30,31)25-17-10-13(20-23-26-27-24-20)5-7-16(17)12-3-2-4-15(22)9-12/h2-11,25H,1H3,(H,28,29)(H,23,24,26,27). The summed E-state index contributed by atoms with van der Waals surface area (Å²) in [6.45, 7) is 0. The molecule has 0 saturated carbocycles. The van der Waals surface area contributed by atoms with E-state index in [2.05, 4.69) is 25.3 Å². The summed E-state index contributed by atoms with van der Waals surface area (Å²) < 4.78 is 48.0. The number of nitrogens with zero attached hydrogens (tertiary/aromatic N) is 3. The highest BCUT2D eigenvalue weighted by Gasteiger charge is 2.24. The number of carboxylic acids is 1. The third-order valence-electron chi connectivity index (χ3n) is 4.72. The van der Waals surface area contributed by atoms with Gasteiger partial charge in [0.2, 0.25) is 0 Å². The van der Waals surface area contributed by atoms with Crippen LogP contribution in [0.1, 0.15) is 10.4 Å². The van der Waals surface area contributed by atoms with Crippen LogP contribution in [0, 0.1) is 5.82 Å². The maximum Gasteiger partial charge on any atom is 0.335 e. The van der Waals surface area contributed by atoms with Crippen molar-refractivity contribution in [2.45, 2.75) is 4.90 Å². The van der Waals surface area contributed by atoms with Gasteiger partial charge in [0.15, 0.2) is 5.82 Å². The quantitative estimate of drug-likeness (QED) is 0.374. The number of methoxy groups -OCH3 is 1. The van der Waals surface area contributed by atoms with E-state index in [1.54, 1.807) is 18.2 Å². The number of aromatic carboxylic acids is 1. The minimum absolute atomic E-state index is 0.0459. The summed E-state index contributed by atoms with van der Waals surface area (Å²) in [5, 5.41) is 22.7. The van der Waals surface area contributed by atoms with E-state index in [4.69, 9.17) is 4.74 Å². The number of halogens is 1. The van der Waals surface area contributed by atoms with Crippen molar-refractivity contribution in [3.8, 4) is 28.3 Å². The number of carboxylic acid groups (broad SMARTS) is 1. The smallest absolute Gasteiger partial charge is 0.335 e. The van der Waals surface area contributed by atoms with Gasteiger partial charge in [0, 0.05) is 11.1 Å². The fraction of sp³-hybridized carbons (Fsp3) is 0.0476. The average Bonchev–Trinajstić information content (AvgIpc) is 3.33. The summed E-state index contributed by atoms with van der Waals surface area (Å²) in [5.74, 6) is -1.56. The molecule has 1 aromatic heterocycles. The highest BCUT2D eigenvalue weighted by molar-refractivity contribution is 7.92. The zero-order valence-electron chi connectivity index (χ0n) is 17.0. The van der Waals surface area contributed by atoms with Gasteiger partial charge in [-0.2, -0.15) is 0 Å². The van der Waals surface area contributed by atoms with Crippen LogP contribution in [0.3, 0.4) is 0 Å². The molecule has 0 atom stereocenters. The van der Waals surface area contributed by atoms with Gasteiger partial charge in [0.05, 0.1) is 18.4 Å². The SMILES string of the molecule is COc1ccc(C(=O)O)cc1S(=O)(=O)Nc1cc(-c2nnn[nH]2)ccc1-c1cccc(F)c1. The lowest BCUT2D eigenvalue weighted by atomic mass is 10.0. The van der Waals surface area contributed by atoms with Gasteiger partial charge in [-0.3, -0.25) is 4.72 Å². The number of hydrogen-bond acceptors (Lipinski definition) is 7. The van der Waals surface area contributed by atoms with Crippen LogP contribution < -0.4 is 9.46 Å². The second kappa shape index (κ2) is 8.67. The van der Waals surface area contributed by atoms with Crippen molar-refractivity contribution >= 4 is 21.7 Å². The predicted octanol–water partition coefficient (Wildman–Crippen LogP) is 3.18. The van der Waals surface area contributed by atoms with Gasteiger partial charge in [-0.15, -0.1) is 5.10 Å². The average molecular weight is 469 g/mol. The zero-order chi connectivity index (χ0) is 23.6. The van der Waals surface area contributed by atoms with Gasteiger partial charge >= 0.3 is 5.97 Å². The number of sulfonamides is 1. The molecule has 33 heavy (non-hydrogen) atoms. The molecule has 4 rings (SSSR count). The Bertz CT molecular complexity index is 1440. The van der Waals surface area contributed by atoms with Crippen molar-refractivity contribution in [1.82, 2.24) is 20.6 Å². The number of ether oxygens (including phenoxy) is 1. The van der Waals surface area contributed by atoms with E-state index in [0.29, 0.717) is 16.7 Å². The molecule has 0 fully saturated rings. The van der Waals surface area contributed by atoms with Crippen molar-refractivity contribution in [3.05, 3.63) is 72.0 Å². The molecule has 168 valence electrons. The van der Waals surface area contributed by atoms with Gasteiger partial charge in [-0.1, -0.05) is 24.3 Å². The van der Waals surface area contributed by atoms with Crippen LogP contribution in [0.5, 0.6) is 5.75 Å². The van der Waals surface area contributed by atoms with Crippen molar-refractivity contribution in [1.29, 1.82) is 0 Å². The molecule has 3 N–H and O–H groups in total. The monoisotopic (exact) mass is 469 g/mol. The van der Waals surface area contributed by atoms with Crippen molar-refractivity contribution < 1.29 is 27.4 Å². The first kappa shape index (κ1) is 21.9. The number of anilines is 1. The molecule has 0 saturated heterocycles. The van der Waals surface area contributed by atoms with Crippen molar-refractivity contribution in [3.63, 3.8) is 0 Å². The number of rotatable bonds is 7. The van der Waals surface area contributed by atoms with Gasteiger partial charge in [0.25, 0.3) is 10.0 Å². The number of H-pyrrole nitrogens is 1. The first-order chi connectivity index (χ1) is 15.8. The molecule has 0 amide bonds. The molecule has 1 heterocycles. The number of hydrogen-bond donors (Lipinski definition) is 3. The van der Waals surface area contributed by atoms with E-state index in [0.717, 1.165) is 6.07 Å². The van der Waals surface area contributed by atoms with E-state index < -0.39 is 21.8 Å². The van der Waals surface area contributed by atoms with Crippen LogP contribution >= 0.6 is 0 Å². The molecule has 0 spiro atoms. The summed E-state index contributed by atoms with van der Waals surface area (Å²) in [5.41, 5.74) is 1.12. The summed E-state index contributed by atoms with van der Waals surface area (Å²) >= 11 is 0. The summed E-state index contributed by atoms with van der Waals surface area (Å²) in [6.07, 6.45) is 0. The third kappa shape index (κ3) is 4.50. The topological polar surface area (TPSA) is 147 Å². The number of nitrogens with one attached hydrogen (secondary N) is 2. The first-order valence-corrected chi connectivity index (χ1v) is 10.8. The molecule has 3 aromatic carbocycles. The Hall–Kier alpha value is -4.32. The second-order valence-electron chi connectivity index (χ2n) is 6.80. The van der Waals surface area contributed by atoms with Gasteiger partial charge in [-0.05, 0) is 52.4 Å². The Balaban J connectivity index is 1.86. The lowest BCUT2D eigenvalue weighted by Crippen LogP contribution is -2.16. The number of aromatic nitrogens is 4. The number of tetrazole rings is 1. The van der Waals surface area contributed by atoms with E-state index in [1.807, 2.05) is 0 Å². The van der Waals surface area contributed by atoms with Gasteiger partial charge < -0.3 is 9.84 Å². The number of aromatic amines is 1. The van der Waals surface area contributed by atoms with Crippen LogP contribution in [0.4, 0.5) is 10.1 Å². The highest BCUT2D eigenvalue weighted by Crippen LogP contribution is 2.35. The molecule has 0 unspecified atom stereocenters. The summed E-state index contributed by atoms with van der Waals surface area (Å²) in [4.78, 5) is 11.0. The Labute approximate surface area is 187 Å². The molecule has 0 aliphatic heterocycles. The van der Waals surface area contributed by atoms with Crippen LogP contribution in [-0.4, -0.2) is 47.2 Å². The van der Waals surface area contributed by atoms with Crippen LogP contribution in [0.25, 0.3) is 22.5 Å². The molecule has 0 aliphatic carbocycles. The number of benzene rings is 3. The summed E-state index contributed by atoms with van der Waals surface area (Å²) in [7, 11) is -3.06. The van der Waals surface area contributed by atoms with E-state index in [9.17, 15) is 22.7 Å². The van der Waals surface area contributed by atoms with Crippen molar-refractivity contribution in [2.75, 3.05) is 11.8 Å². The minimum Gasteiger partial charge on any atom is -0.495 e. The molecule has 0 radical (unpaired) electrons. The van der Waals surface area contributed by atoms with Crippen LogP contribution in [0.15, 0.2) is 65.6 Å². The van der Waals surface area contributed by atoms with Crippen LogP contribution in [-0.2, 0) is 10.0 Å². The largest absolute Gasteiger partial charge is 0.495 e. The lowest BCUT2D eigenvalue weighted by Gasteiger charge is -2.16. The molecule has 10 nitrogen and oxygen atoms in total. The first-order valence-electron chi connectivity index (χ1n) is 9.37. The maximum absolute atomic E-state index is 13.9. The molecular formula is C21H16FN5O5S. The summed E-state index contributed by atoms with van der Waals surface area (Å²) in [6, 6.07) is 13.8.